The minimum atomic E-state index is -0.396. The highest BCUT2D eigenvalue weighted by Gasteiger charge is 2.19. The van der Waals surface area contributed by atoms with Gasteiger partial charge in [0.1, 0.15) is 5.75 Å². The summed E-state index contributed by atoms with van der Waals surface area (Å²) in [6.07, 6.45) is 1.85. The van der Waals surface area contributed by atoms with Crippen molar-refractivity contribution >= 4 is 16.9 Å². The summed E-state index contributed by atoms with van der Waals surface area (Å²) in [5, 5.41) is 0. The van der Waals surface area contributed by atoms with Gasteiger partial charge in [-0.1, -0.05) is 0 Å². The molecule has 0 fully saturated rings. The number of aryl methyl sites for hydroxylation is 2. The molecule has 26 heavy (non-hydrogen) atoms. The molecule has 0 aliphatic carbocycles. The maximum atomic E-state index is 12.6. The standard InChI is InChI=1S/C18H19N5O3/c1-5-26-13-8-6-12(7-9-13)23-11(2)10-22-14-15(19-17(22)23)20(3)18(25)21(4)16(14)24/h6-10H,5H2,1-4H3. The molecule has 3 aromatic heterocycles. The van der Waals surface area contributed by atoms with Gasteiger partial charge in [-0.3, -0.25) is 22.9 Å². The molecule has 0 bridgehead atoms. The largest absolute Gasteiger partial charge is 0.494 e. The van der Waals surface area contributed by atoms with E-state index in [2.05, 4.69) is 4.98 Å². The number of imidazole rings is 2. The molecule has 0 saturated carbocycles. The lowest BCUT2D eigenvalue weighted by molar-refractivity contribution is 0.340. The van der Waals surface area contributed by atoms with Gasteiger partial charge < -0.3 is 4.74 Å². The molecule has 4 rings (SSSR count). The summed E-state index contributed by atoms with van der Waals surface area (Å²) in [6, 6.07) is 7.67. The van der Waals surface area contributed by atoms with E-state index in [0.29, 0.717) is 23.5 Å². The van der Waals surface area contributed by atoms with E-state index < -0.39 is 5.69 Å². The Hall–Kier alpha value is -3.29. The fourth-order valence-corrected chi connectivity index (χ4v) is 3.26. The van der Waals surface area contributed by atoms with Crippen molar-refractivity contribution in [2.45, 2.75) is 13.8 Å². The summed E-state index contributed by atoms with van der Waals surface area (Å²) >= 11 is 0. The summed E-state index contributed by atoms with van der Waals surface area (Å²) in [6.45, 7) is 4.49. The molecule has 3 heterocycles. The first kappa shape index (κ1) is 16.2. The lowest BCUT2D eigenvalue weighted by atomic mass is 10.3. The van der Waals surface area contributed by atoms with Crippen LogP contribution in [0.2, 0.25) is 0 Å². The molecule has 1 aromatic carbocycles. The molecular weight excluding hydrogens is 334 g/mol. The van der Waals surface area contributed by atoms with E-state index >= 15 is 0 Å². The number of hydrogen-bond donors (Lipinski definition) is 0. The highest BCUT2D eigenvalue weighted by molar-refractivity contribution is 5.76. The monoisotopic (exact) mass is 353 g/mol. The lowest BCUT2D eigenvalue weighted by Crippen LogP contribution is -2.37. The zero-order valence-electron chi connectivity index (χ0n) is 15.1. The Labute approximate surface area is 148 Å². The summed E-state index contributed by atoms with van der Waals surface area (Å²) < 4.78 is 11.7. The predicted octanol–water partition coefficient (Wildman–Crippen LogP) is 1.38. The third-order valence-corrected chi connectivity index (χ3v) is 4.55. The molecule has 0 amide bonds. The van der Waals surface area contributed by atoms with Crippen LogP contribution in [0, 0.1) is 6.92 Å². The van der Waals surface area contributed by atoms with Crippen LogP contribution in [0.25, 0.3) is 22.6 Å². The molecule has 0 unspecified atom stereocenters. The van der Waals surface area contributed by atoms with Gasteiger partial charge in [-0.05, 0) is 38.1 Å². The molecule has 0 radical (unpaired) electrons. The number of benzene rings is 1. The molecule has 0 aliphatic heterocycles. The van der Waals surface area contributed by atoms with E-state index in [9.17, 15) is 9.59 Å². The van der Waals surface area contributed by atoms with Gasteiger partial charge in [0.2, 0.25) is 5.78 Å². The van der Waals surface area contributed by atoms with Crippen LogP contribution in [0.4, 0.5) is 0 Å². The summed E-state index contributed by atoms with van der Waals surface area (Å²) in [4.78, 5) is 29.4. The third-order valence-electron chi connectivity index (χ3n) is 4.55. The first-order chi connectivity index (χ1) is 12.4. The second kappa shape index (κ2) is 5.62. The lowest BCUT2D eigenvalue weighted by Gasteiger charge is -2.08. The third kappa shape index (κ3) is 2.11. The van der Waals surface area contributed by atoms with E-state index in [1.165, 1.54) is 11.6 Å². The minimum Gasteiger partial charge on any atom is -0.494 e. The Morgan fingerprint density at radius 1 is 1.08 bits per heavy atom. The van der Waals surface area contributed by atoms with Gasteiger partial charge >= 0.3 is 5.69 Å². The molecule has 134 valence electrons. The zero-order valence-corrected chi connectivity index (χ0v) is 15.1. The van der Waals surface area contributed by atoms with Gasteiger partial charge in [-0.2, -0.15) is 4.98 Å². The Bertz CT molecular complexity index is 1250. The van der Waals surface area contributed by atoms with Crippen LogP contribution in [0.15, 0.2) is 40.1 Å². The van der Waals surface area contributed by atoms with Crippen molar-refractivity contribution in [3.05, 3.63) is 57.0 Å². The normalized spacial score (nSPS) is 11.5. The van der Waals surface area contributed by atoms with Gasteiger partial charge in [-0.15, -0.1) is 0 Å². The molecule has 0 saturated heterocycles. The van der Waals surface area contributed by atoms with Crippen LogP contribution in [0.3, 0.4) is 0 Å². The minimum absolute atomic E-state index is 0.362. The molecule has 0 aliphatic rings. The maximum absolute atomic E-state index is 12.6. The summed E-state index contributed by atoms with van der Waals surface area (Å²) in [7, 11) is 3.09. The average Bonchev–Trinajstić information content (AvgIpc) is 3.14. The highest BCUT2D eigenvalue weighted by atomic mass is 16.5. The Morgan fingerprint density at radius 3 is 2.42 bits per heavy atom. The van der Waals surface area contributed by atoms with Gasteiger partial charge in [0.25, 0.3) is 5.56 Å². The number of ether oxygens (including phenoxy) is 1. The SMILES string of the molecule is CCOc1ccc(-n2c(C)cn3c4c(=O)n(C)c(=O)n(C)c4nc23)cc1. The molecule has 8 heteroatoms. The molecular formula is C18H19N5O3. The first-order valence-electron chi connectivity index (χ1n) is 8.33. The topological polar surface area (TPSA) is 75.5 Å². The zero-order chi connectivity index (χ0) is 18.6. The van der Waals surface area contributed by atoms with Crippen molar-refractivity contribution in [2.24, 2.45) is 14.1 Å². The number of fused-ring (bicyclic) bond motifs is 3. The molecule has 0 atom stereocenters. The average molecular weight is 353 g/mol. The first-order valence-corrected chi connectivity index (χ1v) is 8.33. The fraction of sp³-hybridized carbons (Fsp3) is 0.278. The molecule has 4 aromatic rings. The van der Waals surface area contributed by atoms with Crippen molar-refractivity contribution in [1.29, 1.82) is 0 Å². The summed E-state index contributed by atoms with van der Waals surface area (Å²) in [5.41, 5.74) is 1.82. The van der Waals surface area contributed by atoms with Crippen LogP contribution in [0.1, 0.15) is 12.6 Å². The quantitative estimate of drug-likeness (QED) is 0.558. The van der Waals surface area contributed by atoms with Crippen LogP contribution in [-0.2, 0) is 14.1 Å². The summed E-state index contributed by atoms with van der Waals surface area (Å²) in [5.74, 6) is 1.38. The Morgan fingerprint density at radius 2 is 1.77 bits per heavy atom. The second-order valence-electron chi connectivity index (χ2n) is 6.19. The van der Waals surface area contributed by atoms with Crippen LogP contribution in [0.5, 0.6) is 5.75 Å². The van der Waals surface area contributed by atoms with Gasteiger partial charge in [0.15, 0.2) is 11.2 Å². The molecule has 0 N–H and O–H groups in total. The van der Waals surface area contributed by atoms with Gasteiger partial charge in [0.05, 0.1) is 6.61 Å². The predicted molar refractivity (Wildman–Crippen MR) is 98.4 cm³/mol. The number of aromatic nitrogens is 5. The van der Waals surface area contributed by atoms with Gasteiger partial charge in [-0.25, -0.2) is 4.79 Å². The number of nitrogens with zero attached hydrogens (tertiary/aromatic N) is 5. The Balaban J connectivity index is 2.04. The van der Waals surface area contributed by atoms with Crippen molar-refractivity contribution < 1.29 is 4.74 Å². The Kier molecular flexibility index (Phi) is 3.50. The van der Waals surface area contributed by atoms with E-state index in [1.807, 2.05) is 48.9 Å². The van der Waals surface area contributed by atoms with Crippen LogP contribution < -0.4 is 16.0 Å². The van der Waals surface area contributed by atoms with Crippen LogP contribution >= 0.6 is 0 Å². The number of hydrogen-bond acceptors (Lipinski definition) is 4. The molecule has 0 spiro atoms. The van der Waals surface area contributed by atoms with Crippen molar-refractivity contribution in [3.8, 4) is 11.4 Å². The van der Waals surface area contributed by atoms with Crippen molar-refractivity contribution in [3.63, 3.8) is 0 Å². The highest BCUT2D eigenvalue weighted by Crippen LogP contribution is 2.22. The van der Waals surface area contributed by atoms with Crippen molar-refractivity contribution in [2.75, 3.05) is 6.61 Å². The van der Waals surface area contributed by atoms with E-state index in [4.69, 9.17) is 4.74 Å². The van der Waals surface area contributed by atoms with E-state index in [0.717, 1.165) is 21.7 Å². The van der Waals surface area contributed by atoms with Crippen LogP contribution in [-0.4, -0.2) is 29.7 Å². The number of rotatable bonds is 3. The van der Waals surface area contributed by atoms with E-state index in [-0.39, 0.29) is 5.56 Å². The van der Waals surface area contributed by atoms with Crippen molar-refractivity contribution in [1.82, 2.24) is 23.1 Å². The second-order valence-corrected chi connectivity index (χ2v) is 6.19. The maximum Gasteiger partial charge on any atom is 0.332 e. The smallest absolute Gasteiger partial charge is 0.332 e. The fourth-order valence-electron chi connectivity index (χ4n) is 3.26. The van der Waals surface area contributed by atoms with Gasteiger partial charge in [0, 0.05) is 31.7 Å². The van der Waals surface area contributed by atoms with E-state index in [1.54, 1.807) is 11.4 Å². The molecule has 8 nitrogen and oxygen atoms in total.